The third-order valence-electron chi connectivity index (χ3n) is 3.80. The van der Waals surface area contributed by atoms with Crippen molar-refractivity contribution < 1.29 is 0 Å². The number of rotatable bonds is 7. The lowest BCUT2D eigenvalue weighted by Crippen LogP contribution is -2.49. The minimum absolute atomic E-state index is 0.759. The Hall–Kier alpha value is -0.420. The van der Waals surface area contributed by atoms with Crippen molar-refractivity contribution in [3.05, 3.63) is 0 Å². The highest BCUT2D eigenvalue weighted by Gasteiger charge is 2.21. The van der Waals surface area contributed by atoms with E-state index in [-0.39, 0.29) is 0 Å². The number of nitrogens with zero attached hydrogens (tertiary/aromatic N) is 3. The average Bonchev–Trinajstić information content (AvgIpc) is 2.50. The lowest BCUT2D eigenvalue weighted by Gasteiger charge is -2.34. The first-order valence-electron chi connectivity index (χ1n) is 8.04. The summed E-state index contributed by atoms with van der Waals surface area (Å²) in [6.45, 7) is 13.4. The summed E-state index contributed by atoms with van der Waals surface area (Å²) >= 11 is 2.10. The molecule has 1 aliphatic heterocycles. The van der Waals surface area contributed by atoms with Crippen LogP contribution in [0.15, 0.2) is 4.99 Å². The van der Waals surface area contributed by atoms with E-state index in [4.69, 9.17) is 0 Å². The van der Waals surface area contributed by atoms with Gasteiger partial charge in [0, 0.05) is 44.2 Å². The van der Waals surface area contributed by atoms with Gasteiger partial charge in [-0.3, -0.25) is 4.99 Å². The number of nitrogens with one attached hydrogen (secondary N) is 1. The lowest BCUT2D eigenvalue weighted by molar-refractivity contribution is 0.290. The molecule has 4 nitrogen and oxygen atoms in total. The van der Waals surface area contributed by atoms with Gasteiger partial charge in [0.15, 0.2) is 5.96 Å². The van der Waals surface area contributed by atoms with Crippen LogP contribution in [0.3, 0.4) is 0 Å². The van der Waals surface area contributed by atoms with Gasteiger partial charge in [0.2, 0.25) is 0 Å². The summed E-state index contributed by atoms with van der Waals surface area (Å²) in [5.41, 5.74) is 0. The molecule has 0 aromatic rings. The van der Waals surface area contributed by atoms with E-state index in [1.165, 1.54) is 25.1 Å². The number of thioether (sulfide) groups is 1. The van der Waals surface area contributed by atoms with E-state index in [2.05, 4.69) is 52.6 Å². The Morgan fingerprint density at radius 3 is 2.75 bits per heavy atom. The van der Waals surface area contributed by atoms with E-state index in [9.17, 15) is 0 Å². The number of hydrogen-bond donors (Lipinski definition) is 1. The third-order valence-corrected chi connectivity index (χ3v) is 5.18. The van der Waals surface area contributed by atoms with Crippen molar-refractivity contribution in [2.45, 2.75) is 38.9 Å². The molecule has 0 bridgehead atoms. The summed E-state index contributed by atoms with van der Waals surface area (Å²) in [7, 11) is 1.90. The second-order valence-corrected chi connectivity index (χ2v) is 6.66. The lowest BCUT2D eigenvalue weighted by atomic mass is 10.3. The molecule has 1 saturated heterocycles. The van der Waals surface area contributed by atoms with Crippen LogP contribution < -0.4 is 5.32 Å². The second kappa shape index (κ2) is 10.3. The maximum atomic E-state index is 4.45. The quantitative estimate of drug-likeness (QED) is 0.576. The van der Waals surface area contributed by atoms with E-state index in [1.54, 1.807) is 0 Å². The van der Waals surface area contributed by atoms with Crippen LogP contribution in [0.25, 0.3) is 0 Å². The van der Waals surface area contributed by atoms with Crippen molar-refractivity contribution >= 4 is 17.7 Å². The standard InChI is InChI=1S/C15H32N4S/c1-5-9-18(7-3)10-8-17-15(16-4)19-11-12-20-14(6-2)13-19/h14H,5-13H2,1-4H3,(H,16,17). The van der Waals surface area contributed by atoms with Gasteiger partial charge in [-0.05, 0) is 25.9 Å². The SMILES string of the molecule is CCCN(CC)CCNC(=NC)N1CCSC(CC)C1. The monoisotopic (exact) mass is 300 g/mol. The van der Waals surface area contributed by atoms with Gasteiger partial charge >= 0.3 is 0 Å². The molecule has 1 fully saturated rings. The fraction of sp³-hybridized carbons (Fsp3) is 0.933. The van der Waals surface area contributed by atoms with E-state index in [0.717, 1.165) is 43.9 Å². The van der Waals surface area contributed by atoms with Crippen LogP contribution in [0.1, 0.15) is 33.6 Å². The van der Waals surface area contributed by atoms with Crippen LogP contribution in [0.5, 0.6) is 0 Å². The van der Waals surface area contributed by atoms with E-state index >= 15 is 0 Å². The summed E-state index contributed by atoms with van der Waals surface area (Å²) in [4.78, 5) is 9.36. The fourth-order valence-corrected chi connectivity index (χ4v) is 3.74. The fourth-order valence-electron chi connectivity index (χ4n) is 2.56. The first-order valence-corrected chi connectivity index (χ1v) is 9.09. The van der Waals surface area contributed by atoms with Gasteiger partial charge in [-0.1, -0.05) is 20.8 Å². The minimum atomic E-state index is 0.759. The molecule has 0 aromatic carbocycles. The van der Waals surface area contributed by atoms with Crippen molar-refractivity contribution in [1.82, 2.24) is 15.1 Å². The normalized spacial score (nSPS) is 20.6. The molecular weight excluding hydrogens is 268 g/mol. The molecule has 20 heavy (non-hydrogen) atoms. The zero-order chi connectivity index (χ0) is 14.8. The van der Waals surface area contributed by atoms with Crippen LogP contribution in [-0.4, -0.2) is 73.1 Å². The first-order chi connectivity index (χ1) is 9.74. The summed E-state index contributed by atoms with van der Waals surface area (Å²) in [5.74, 6) is 2.30. The molecule has 5 heteroatoms. The maximum Gasteiger partial charge on any atom is 0.193 e. The maximum absolute atomic E-state index is 4.45. The van der Waals surface area contributed by atoms with E-state index in [0.29, 0.717) is 0 Å². The largest absolute Gasteiger partial charge is 0.355 e. The zero-order valence-electron chi connectivity index (χ0n) is 13.7. The minimum Gasteiger partial charge on any atom is -0.355 e. The molecule has 0 radical (unpaired) electrons. The highest BCUT2D eigenvalue weighted by atomic mass is 32.2. The predicted molar refractivity (Wildman–Crippen MR) is 91.9 cm³/mol. The zero-order valence-corrected chi connectivity index (χ0v) is 14.5. The van der Waals surface area contributed by atoms with Gasteiger partial charge in [0.05, 0.1) is 0 Å². The highest BCUT2D eigenvalue weighted by molar-refractivity contribution is 8.00. The van der Waals surface area contributed by atoms with E-state index < -0.39 is 0 Å². The Labute approximate surface area is 129 Å². The van der Waals surface area contributed by atoms with Crippen molar-refractivity contribution in [3.8, 4) is 0 Å². The average molecular weight is 301 g/mol. The van der Waals surface area contributed by atoms with Gasteiger partial charge in [-0.15, -0.1) is 0 Å². The van der Waals surface area contributed by atoms with Crippen LogP contribution in [0.4, 0.5) is 0 Å². The van der Waals surface area contributed by atoms with Gasteiger partial charge in [0.1, 0.15) is 0 Å². The van der Waals surface area contributed by atoms with E-state index in [1.807, 2.05) is 7.05 Å². The number of guanidine groups is 1. The summed E-state index contributed by atoms with van der Waals surface area (Å²) in [6, 6.07) is 0. The van der Waals surface area contributed by atoms with Crippen molar-refractivity contribution in [2.75, 3.05) is 52.1 Å². The topological polar surface area (TPSA) is 30.9 Å². The Bertz CT molecular complexity index is 283. The molecule has 1 unspecified atom stereocenters. The smallest absolute Gasteiger partial charge is 0.193 e. The number of likely N-dealkylation sites (N-methyl/N-ethyl adjacent to an activating group) is 1. The molecule has 1 N–H and O–H groups in total. The summed E-state index contributed by atoms with van der Waals surface area (Å²) in [6.07, 6.45) is 2.47. The second-order valence-electron chi connectivity index (χ2n) is 5.26. The molecule has 1 atom stereocenters. The van der Waals surface area contributed by atoms with Crippen LogP contribution in [0, 0.1) is 0 Å². The van der Waals surface area contributed by atoms with Crippen LogP contribution in [0.2, 0.25) is 0 Å². The molecule has 1 rings (SSSR count). The predicted octanol–water partition coefficient (Wildman–Crippen LogP) is 2.12. The molecule has 0 spiro atoms. The molecular formula is C15H32N4S. The van der Waals surface area contributed by atoms with Gasteiger partial charge in [-0.25, -0.2) is 0 Å². The number of hydrogen-bond acceptors (Lipinski definition) is 3. The first kappa shape index (κ1) is 17.6. The molecule has 0 aromatic heterocycles. The molecule has 0 amide bonds. The van der Waals surface area contributed by atoms with Crippen LogP contribution >= 0.6 is 11.8 Å². The van der Waals surface area contributed by atoms with Gasteiger partial charge in [0.25, 0.3) is 0 Å². The molecule has 1 heterocycles. The summed E-state index contributed by atoms with van der Waals surface area (Å²) < 4.78 is 0. The Kier molecular flexibility index (Phi) is 9.10. The molecule has 0 saturated carbocycles. The Morgan fingerprint density at radius 2 is 2.15 bits per heavy atom. The third kappa shape index (κ3) is 5.92. The van der Waals surface area contributed by atoms with Gasteiger partial charge in [-0.2, -0.15) is 11.8 Å². The van der Waals surface area contributed by atoms with Crippen molar-refractivity contribution in [3.63, 3.8) is 0 Å². The van der Waals surface area contributed by atoms with Crippen molar-refractivity contribution in [1.29, 1.82) is 0 Å². The Balaban J connectivity index is 2.35. The molecule has 0 aliphatic carbocycles. The molecule has 1 aliphatic rings. The Morgan fingerprint density at radius 1 is 1.35 bits per heavy atom. The molecule has 118 valence electrons. The van der Waals surface area contributed by atoms with Gasteiger partial charge < -0.3 is 15.1 Å². The highest BCUT2D eigenvalue weighted by Crippen LogP contribution is 2.20. The van der Waals surface area contributed by atoms with Crippen molar-refractivity contribution in [2.24, 2.45) is 4.99 Å². The van der Waals surface area contributed by atoms with Crippen LogP contribution in [-0.2, 0) is 0 Å². The summed E-state index contributed by atoms with van der Waals surface area (Å²) in [5, 5.41) is 4.29. The number of aliphatic imine (C=N–C) groups is 1.